The monoisotopic (exact) mass is 227 g/mol. The molecule has 0 bridgehead atoms. The maximum Gasteiger partial charge on any atom is 0.392 e. The first-order chi connectivity index (χ1) is 5.30. The highest BCUT2D eigenvalue weighted by Crippen LogP contribution is 1.93. The van der Waals surface area contributed by atoms with Gasteiger partial charge in [-0.3, -0.25) is 4.57 Å². The van der Waals surface area contributed by atoms with Gasteiger partial charge in [0.2, 0.25) is 0 Å². The molecular formula is C2H13NO4Si4. The number of nitrogens with zero attached hydrogens (tertiary/aromatic N) is 1. The second kappa shape index (κ2) is 5.34. The fourth-order valence-corrected chi connectivity index (χ4v) is 9.83. The topological polar surface area (TPSA) is 40.2 Å². The summed E-state index contributed by atoms with van der Waals surface area (Å²) >= 11 is 0. The zero-order valence-corrected chi connectivity index (χ0v) is 12.2. The van der Waals surface area contributed by atoms with Crippen LogP contribution in [0.15, 0.2) is 0 Å². The molecule has 0 radical (unpaired) electrons. The Kier molecular flexibility index (Phi) is 4.73. The van der Waals surface area contributed by atoms with Crippen LogP contribution in [0.2, 0.25) is 0 Å². The van der Waals surface area contributed by atoms with Crippen molar-refractivity contribution >= 4 is 39.5 Å². The molecule has 66 valence electrons. The van der Waals surface area contributed by atoms with E-state index in [0.717, 1.165) is 0 Å². The van der Waals surface area contributed by atoms with Crippen molar-refractivity contribution in [1.29, 1.82) is 0 Å². The van der Waals surface area contributed by atoms with Gasteiger partial charge in [-0.25, -0.2) is 0 Å². The van der Waals surface area contributed by atoms with Crippen molar-refractivity contribution in [1.82, 2.24) is 4.57 Å². The van der Waals surface area contributed by atoms with Gasteiger partial charge >= 0.3 is 9.45 Å². The van der Waals surface area contributed by atoms with E-state index < -0.39 is 39.5 Å². The van der Waals surface area contributed by atoms with Gasteiger partial charge in [-0.05, 0) is 14.1 Å². The van der Waals surface area contributed by atoms with Crippen molar-refractivity contribution < 1.29 is 16.5 Å². The van der Waals surface area contributed by atoms with Gasteiger partial charge in [0.15, 0.2) is 0 Å². The molecule has 1 heterocycles. The lowest BCUT2D eigenvalue weighted by molar-refractivity contribution is 0.286. The van der Waals surface area contributed by atoms with E-state index in [1.165, 1.54) is 0 Å². The van der Waals surface area contributed by atoms with E-state index in [0.29, 0.717) is 0 Å². The van der Waals surface area contributed by atoms with Crippen LogP contribution in [0.4, 0.5) is 0 Å². The van der Waals surface area contributed by atoms with Crippen LogP contribution in [0.5, 0.6) is 0 Å². The second-order valence-electron chi connectivity index (χ2n) is 2.37. The predicted octanol–water partition coefficient (Wildman–Crippen LogP) is -3.66. The van der Waals surface area contributed by atoms with Gasteiger partial charge in [-0.1, -0.05) is 0 Å². The van der Waals surface area contributed by atoms with Crippen molar-refractivity contribution in [2.75, 3.05) is 14.1 Å². The highest BCUT2D eigenvalue weighted by Gasteiger charge is 2.18. The van der Waals surface area contributed by atoms with Crippen molar-refractivity contribution in [2.45, 2.75) is 0 Å². The molecule has 1 aliphatic rings. The third-order valence-electron chi connectivity index (χ3n) is 1.18. The Morgan fingerprint density at radius 3 is 2.00 bits per heavy atom. The Labute approximate surface area is 75.1 Å². The Morgan fingerprint density at radius 2 is 1.55 bits per heavy atom. The minimum atomic E-state index is -1.54. The minimum Gasteiger partial charge on any atom is -0.425 e. The molecule has 0 spiro atoms. The average Bonchev–Trinajstić information content (AvgIpc) is 1.84. The molecule has 9 heteroatoms. The van der Waals surface area contributed by atoms with Gasteiger partial charge in [0.1, 0.15) is 0 Å². The van der Waals surface area contributed by atoms with E-state index >= 15 is 0 Å². The Morgan fingerprint density at radius 1 is 1.00 bits per heavy atom. The molecule has 0 amide bonds. The molecule has 0 N–H and O–H groups in total. The molecule has 0 unspecified atom stereocenters. The molecule has 1 aliphatic heterocycles. The van der Waals surface area contributed by atoms with E-state index in [1.807, 2.05) is 18.7 Å². The summed E-state index contributed by atoms with van der Waals surface area (Å²) in [7, 11) is 0.110. The molecule has 1 saturated heterocycles. The number of rotatable bonds is 1. The summed E-state index contributed by atoms with van der Waals surface area (Å²) in [5.41, 5.74) is 0. The molecule has 1 rings (SSSR count). The normalized spacial score (nSPS) is 34.6. The van der Waals surface area contributed by atoms with Gasteiger partial charge < -0.3 is 16.5 Å². The van der Waals surface area contributed by atoms with Crippen LogP contribution < -0.4 is 0 Å². The molecule has 0 saturated carbocycles. The molecule has 11 heavy (non-hydrogen) atoms. The van der Waals surface area contributed by atoms with Crippen molar-refractivity contribution in [3.05, 3.63) is 0 Å². The zero-order valence-electron chi connectivity index (χ0n) is 6.78. The quantitative estimate of drug-likeness (QED) is 0.432. The predicted molar refractivity (Wildman–Crippen MR) is 50.8 cm³/mol. The number of hydrogen-bond acceptors (Lipinski definition) is 5. The van der Waals surface area contributed by atoms with Crippen molar-refractivity contribution in [3.63, 3.8) is 0 Å². The summed E-state index contributed by atoms with van der Waals surface area (Å²) in [6, 6.07) is 0. The molecular weight excluding hydrogens is 214 g/mol. The maximum absolute atomic E-state index is 5.49. The molecule has 0 aromatic heterocycles. The van der Waals surface area contributed by atoms with Crippen LogP contribution >= 0.6 is 0 Å². The second-order valence-corrected chi connectivity index (χ2v) is 10.7. The van der Waals surface area contributed by atoms with Gasteiger partial charge in [0.05, 0.1) is 0 Å². The summed E-state index contributed by atoms with van der Waals surface area (Å²) in [6.45, 7) is 0. The third-order valence-corrected chi connectivity index (χ3v) is 8.06. The average molecular weight is 227 g/mol. The molecule has 5 nitrogen and oxygen atoms in total. The first kappa shape index (κ1) is 9.75. The SMILES string of the molecule is CN(C)[SiH]1O[SiH2]O[SiH2]O[SiH2]O1. The van der Waals surface area contributed by atoms with E-state index in [2.05, 4.69) is 0 Å². The molecule has 0 atom stereocenters. The minimum absolute atomic E-state index is 0.719. The van der Waals surface area contributed by atoms with E-state index in [4.69, 9.17) is 16.5 Å². The van der Waals surface area contributed by atoms with Gasteiger partial charge in [-0.2, -0.15) is 0 Å². The zero-order chi connectivity index (χ0) is 8.10. The van der Waals surface area contributed by atoms with Crippen molar-refractivity contribution in [3.8, 4) is 0 Å². The van der Waals surface area contributed by atoms with E-state index in [9.17, 15) is 0 Å². The Balaban J connectivity index is 2.26. The lowest BCUT2D eigenvalue weighted by atomic mass is 11.3. The Hall–Kier alpha value is 0.668. The first-order valence-corrected chi connectivity index (χ1v) is 8.28. The largest absolute Gasteiger partial charge is 0.425 e. The van der Waals surface area contributed by atoms with E-state index in [1.54, 1.807) is 0 Å². The van der Waals surface area contributed by atoms with Gasteiger partial charge in [-0.15, -0.1) is 0 Å². The maximum atomic E-state index is 5.49. The van der Waals surface area contributed by atoms with E-state index in [-0.39, 0.29) is 0 Å². The molecule has 0 aromatic rings. The van der Waals surface area contributed by atoms with Crippen molar-refractivity contribution in [2.24, 2.45) is 0 Å². The van der Waals surface area contributed by atoms with Crippen LogP contribution in [0.25, 0.3) is 0 Å². The molecule has 1 fully saturated rings. The van der Waals surface area contributed by atoms with Gasteiger partial charge in [0, 0.05) is 0 Å². The summed E-state index contributed by atoms with van der Waals surface area (Å²) < 4.78 is 23.5. The van der Waals surface area contributed by atoms with Crippen LogP contribution in [0.1, 0.15) is 0 Å². The fourth-order valence-electron chi connectivity index (χ4n) is 0.686. The lowest BCUT2D eigenvalue weighted by Gasteiger charge is -2.24. The standard InChI is InChI=1S/C2H13NO4Si4/c1-3(2)11-6-9-4-8-5-10-7-11/h11H,8-10H2,1-2H3. The lowest BCUT2D eigenvalue weighted by Crippen LogP contribution is -2.43. The van der Waals surface area contributed by atoms with Gasteiger partial charge in [0.25, 0.3) is 30.0 Å². The fraction of sp³-hybridized carbons (Fsp3) is 1.00. The van der Waals surface area contributed by atoms with Crippen LogP contribution in [0.3, 0.4) is 0 Å². The summed E-state index contributed by atoms with van der Waals surface area (Å²) in [6.07, 6.45) is 0. The number of hydrogen-bond donors (Lipinski definition) is 0. The highest BCUT2D eigenvalue weighted by molar-refractivity contribution is 6.58. The van der Waals surface area contributed by atoms with Crippen LogP contribution in [0, 0.1) is 0 Å². The first-order valence-electron chi connectivity index (χ1n) is 3.36. The van der Waals surface area contributed by atoms with Crippen LogP contribution in [-0.4, -0.2) is 58.1 Å². The Bertz CT molecular complexity index is 106. The smallest absolute Gasteiger partial charge is 0.392 e. The molecule has 0 aliphatic carbocycles. The molecule has 0 aromatic carbocycles. The summed E-state index contributed by atoms with van der Waals surface area (Å²) in [4.78, 5) is 0. The summed E-state index contributed by atoms with van der Waals surface area (Å²) in [5, 5.41) is 0. The van der Waals surface area contributed by atoms with Crippen LogP contribution in [-0.2, 0) is 16.5 Å². The summed E-state index contributed by atoms with van der Waals surface area (Å²) in [5.74, 6) is 0. The third kappa shape index (κ3) is 3.73. The highest BCUT2D eigenvalue weighted by atomic mass is 28.4.